The normalized spacial score (nSPS) is 13.6. The molecule has 3 heterocycles. The molecule has 1 spiro atoms. The van der Waals surface area contributed by atoms with Gasteiger partial charge in [0.2, 0.25) is 0 Å². The van der Waals surface area contributed by atoms with Crippen molar-refractivity contribution in [2.45, 2.75) is 5.41 Å². The number of rotatable bonds is 2. The van der Waals surface area contributed by atoms with Crippen LogP contribution in [-0.4, -0.2) is 9.55 Å². The summed E-state index contributed by atoms with van der Waals surface area (Å²) in [4.78, 5) is 5.38. The van der Waals surface area contributed by atoms with Crippen molar-refractivity contribution in [3.05, 3.63) is 204 Å². The van der Waals surface area contributed by atoms with Gasteiger partial charge in [-0.1, -0.05) is 146 Å². The van der Waals surface area contributed by atoms with Crippen LogP contribution in [0.3, 0.4) is 0 Å². The van der Waals surface area contributed by atoms with Gasteiger partial charge in [-0.05, 0) is 74.5 Å². The van der Waals surface area contributed by atoms with Crippen LogP contribution in [0, 0.1) is 0 Å². The summed E-state index contributed by atoms with van der Waals surface area (Å²) >= 11 is 0. The van der Waals surface area contributed by atoms with E-state index in [0.717, 1.165) is 55.9 Å². The molecule has 0 unspecified atom stereocenters. The van der Waals surface area contributed by atoms with Gasteiger partial charge in [-0.3, -0.25) is 4.57 Å². The predicted molar refractivity (Wildman–Crippen MR) is 216 cm³/mol. The summed E-state index contributed by atoms with van der Waals surface area (Å²) in [5, 5.41) is 5.95. The molecule has 0 radical (unpaired) electrons. The van der Waals surface area contributed by atoms with Crippen molar-refractivity contribution in [2.75, 3.05) is 0 Å². The highest BCUT2D eigenvalue weighted by molar-refractivity contribution is 6.22. The Morgan fingerprint density at radius 2 is 1.09 bits per heavy atom. The molecule has 3 heteroatoms. The first kappa shape index (κ1) is 28.7. The lowest BCUT2D eigenvalue weighted by Gasteiger charge is -2.39. The van der Waals surface area contributed by atoms with E-state index in [4.69, 9.17) is 9.72 Å². The number of hydrogen-bond donors (Lipinski definition) is 0. The van der Waals surface area contributed by atoms with Crippen molar-refractivity contribution in [3.8, 4) is 39.6 Å². The number of benzene rings is 8. The van der Waals surface area contributed by atoms with Gasteiger partial charge < -0.3 is 4.74 Å². The highest BCUT2D eigenvalue weighted by atomic mass is 16.5. The molecule has 8 aromatic carbocycles. The Morgan fingerprint density at radius 3 is 1.91 bits per heavy atom. The van der Waals surface area contributed by atoms with Crippen molar-refractivity contribution in [1.82, 2.24) is 9.55 Å². The van der Waals surface area contributed by atoms with Gasteiger partial charge >= 0.3 is 0 Å². The molecule has 0 atom stereocenters. The largest absolute Gasteiger partial charge is 0.457 e. The minimum absolute atomic E-state index is 0.549. The molecule has 0 saturated heterocycles. The number of ether oxygens (including phenoxy) is 1. The zero-order valence-electron chi connectivity index (χ0n) is 28.6. The second-order valence-electron chi connectivity index (χ2n) is 14.2. The van der Waals surface area contributed by atoms with E-state index < -0.39 is 5.41 Å². The number of fused-ring (bicyclic) bond motifs is 15. The van der Waals surface area contributed by atoms with Gasteiger partial charge in [-0.2, -0.15) is 0 Å². The lowest BCUT2D eigenvalue weighted by Crippen LogP contribution is -2.32. The van der Waals surface area contributed by atoms with E-state index in [2.05, 4.69) is 187 Å². The fraction of sp³-hybridized carbons (Fsp3) is 0.0200. The molecule has 0 fully saturated rings. The molecule has 3 nitrogen and oxygen atoms in total. The van der Waals surface area contributed by atoms with Crippen LogP contribution in [0.5, 0.6) is 11.5 Å². The lowest BCUT2D eigenvalue weighted by atomic mass is 9.66. The van der Waals surface area contributed by atoms with Gasteiger partial charge in [-0.25, -0.2) is 4.98 Å². The van der Waals surface area contributed by atoms with E-state index >= 15 is 0 Å². The zero-order chi connectivity index (χ0) is 34.7. The molecule has 10 aromatic rings. The zero-order valence-corrected chi connectivity index (χ0v) is 28.6. The Bertz CT molecular complexity index is 3110. The lowest BCUT2D eigenvalue weighted by molar-refractivity contribution is 0.437. The van der Waals surface area contributed by atoms with Crippen molar-refractivity contribution in [3.63, 3.8) is 0 Å². The third-order valence-electron chi connectivity index (χ3n) is 11.6. The summed E-state index contributed by atoms with van der Waals surface area (Å²) in [6, 6.07) is 65.8. The number of pyridine rings is 1. The summed E-state index contributed by atoms with van der Waals surface area (Å²) in [6.45, 7) is 0. The predicted octanol–water partition coefficient (Wildman–Crippen LogP) is 12.6. The van der Waals surface area contributed by atoms with E-state index in [9.17, 15) is 0 Å². The van der Waals surface area contributed by atoms with Crippen LogP contribution in [0.25, 0.3) is 71.6 Å². The Morgan fingerprint density at radius 1 is 0.434 bits per heavy atom. The minimum atomic E-state index is -0.549. The highest BCUT2D eigenvalue weighted by Crippen LogP contribution is 2.62. The maximum Gasteiger partial charge on any atom is 0.138 e. The van der Waals surface area contributed by atoms with E-state index in [1.54, 1.807) is 0 Å². The molecule has 246 valence electrons. The standard InChI is InChI=1S/C50H30N2O/c1-2-14-31(15-3-1)37-29-48(51-43-24-12-8-20-36(37)43)52-44-27-26-32-16-4-5-17-33(32)49(44)38-28-42-47(30-45(38)52)53-46-25-13-11-23-41(46)50(42)39-21-9-6-18-34(39)35-19-7-10-22-40(35)50/h1-30H. The Kier molecular flexibility index (Phi) is 5.70. The molecule has 2 aromatic heterocycles. The van der Waals surface area contributed by atoms with Gasteiger partial charge in [0.15, 0.2) is 0 Å². The second kappa shape index (κ2) is 10.5. The van der Waals surface area contributed by atoms with Gasteiger partial charge in [0.1, 0.15) is 17.3 Å². The maximum atomic E-state index is 7.01. The molecule has 1 aliphatic heterocycles. The smallest absolute Gasteiger partial charge is 0.138 e. The van der Waals surface area contributed by atoms with Crippen LogP contribution >= 0.6 is 0 Å². The number of para-hydroxylation sites is 2. The molecule has 53 heavy (non-hydrogen) atoms. The van der Waals surface area contributed by atoms with Crippen LogP contribution in [0.4, 0.5) is 0 Å². The fourth-order valence-electron chi connectivity index (χ4n) is 9.51. The quantitative estimate of drug-likeness (QED) is 0.182. The van der Waals surface area contributed by atoms with Crippen molar-refractivity contribution < 1.29 is 4.74 Å². The number of nitrogens with zero attached hydrogens (tertiary/aromatic N) is 2. The van der Waals surface area contributed by atoms with E-state index in [1.807, 2.05) is 0 Å². The third-order valence-corrected chi connectivity index (χ3v) is 11.6. The Balaban J connectivity index is 1.25. The highest BCUT2D eigenvalue weighted by Gasteiger charge is 2.51. The topological polar surface area (TPSA) is 27.1 Å². The molecule has 1 aliphatic carbocycles. The average Bonchev–Trinajstić information content (AvgIpc) is 3.71. The Hall–Kier alpha value is -6.97. The molecular weight excluding hydrogens is 645 g/mol. The monoisotopic (exact) mass is 674 g/mol. The summed E-state index contributed by atoms with van der Waals surface area (Å²) in [6.07, 6.45) is 0. The molecular formula is C50H30N2O. The molecule has 0 amide bonds. The average molecular weight is 675 g/mol. The first-order valence-electron chi connectivity index (χ1n) is 18.2. The van der Waals surface area contributed by atoms with Gasteiger partial charge in [0, 0.05) is 33.4 Å². The van der Waals surface area contributed by atoms with Crippen LogP contribution in [-0.2, 0) is 5.41 Å². The summed E-state index contributed by atoms with van der Waals surface area (Å²) in [5.41, 5.74) is 12.3. The molecule has 12 rings (SSSR count). The van der Waals surface area contributed by atoms with Crippen molar-refractivity contribution in [1.29, 1.82) is 0 Å². The molecule has 0 N–H and O–H groups in total. The van der Waals surface area contributed by atoms with E-state index in [0.29, 0.717) is 0 Å². The summed E-state index contributed by atoms with van der Waals surface area (Å²) in [5.74, 6) is 2.62. The first-order chi connectivity index (χ1) is 26.3. The van der Waals surface area contributed by atoms with E-state index in [-0.39, 0.29) is 0 Å². The van der Waals surface area contributed by atoms with Crippen LogP contribution in [0.15, 0.2) is 182 Å². The summed E-state index contributed by atoms with van der Waals surface area (Å²) in [7, 11) is 0. The minimum Gasteiger partial charge on any atom is -0.457 e. The summed E-state index contributed by atoms with van der Waals surface area (Å²) < 4.78 is 9.36. The maximum absolute atomic E-state index is 7.01. The van der Waals surface area contributed by atoms with Crippen molar-refractivity contribution in [2.24, 2.45) is 0 Å². The molecule has 2 aliphatic rings. The van der Waals surface area contributed by atoms with E-state index in [1.165, 1.54) is 49.4 Å². The van der Waals surface area contributed by atoms with Crippen molar-refractivity contribution >= 4 is 43.5 Å². The van der Waals surface area contributed by atoms with Crippen LogP contribution in [0.1, 0.15) is 22.3 Å². The molecule has 0 saturated carbocycles. The van der Waals surface area contributed by atoms with Crippen LogP contribution < -0.4 is 4.74 Å². The molecule has 0 bridgehead atoms. The number of hydrogen-bond acceptors (Lipinski definition) is 2. The van der Waals surface area contributed by atoms with Gasteiger partial charge in [0.05, 0.1) is 22.0 Å². The fourth-order valence-corrected chi connectivity index (χ4v) is 9.51. The van der Waals surface area contributed by atoms with Crippen LogP contribution in [0.2, 0.25) is 0 Å². The second-order valence-corrected chi connectivity index (χ2v) is 14.2. The van der Waals surface area contributed by atoms with Gasteiger partial charge in [0.25, 0.3) is 0 Å². The first-order valence-corrected chi connectivity index (χ1v) is 18.2. The number of aromatic nitrogens is 2. The van der Waals surface area contributed by atoms with Gasteiger partial charge in [-0.15, -0.1) is 0 Å². The third kappa shape index (κ3) is 3.75. The SMILES string of the molecule is c1ccc(-c2cc(-n3c4cc5c(cc4c4c6ccccc6ccc43)C3(c4ccccc4O5)c4ccccc4-c4ccccc43)nc3ccccc23)cc1. The Labute approximate surface area is 306 Å².